The number of nitrogens with one attached hydrogen (secondary N) is 5. The molecule has 1 aromatic carbocycles. The van der Waals surface area contributed by atoms with Crippen LogP contribution in [-0.2, 0) is 24.0 Å². The first kappa shape index (κ1) is 29.8. The van der Waals surface area contributed by atoms with E-state index < -0.39 is 47.3 Å². The Morgan fingerprint density at radius 2 is 1.68 bits per heavy atom. The number of hydrogen-bond acceptors (Lipinski definition) is 6. The molecule has 5 amide bonds. The van der Waals surface area contributed by atoms with Crippen LogP contribution in [0.25, 0.3) is 0 Å². The van der Waals surface area contributed by atoms with Crippen LogP contribution in [0.2, 0.25) is 0 Å². The Kier molecular flexibility index (Phi) is 11.0. The second kappa shape index (κ2) is 13.7. The smallest absolute Gasteiger partial charge is 0.247 e. The van der Waals surface area contributed by atoms with Gasteiger partial charge in [-0.3, -0.25) is 24.0 Å². The summed E-state index contributed by atoms with van der Waals surface area (Å²) < 4.78 is 0. The molecule has 1 saturated heterocycles. The van der Waals surface area contributed by atoms with E-state index in [0.29, 0.717) is 18.5 Å². The van der Waals surface area contributed by atoms with Crippen molar-refractivity contribution in [2.45, 2.75) is 77.0 Å². The highest BCUT2D eigenvalue weighted by molar-refractivity contribution is 5.97. The standard InChI is InChI=1S/C26H40N6O5/c1-5-18-22(34)31-20(17-10-7-6-8-11-17)24(36)28-15-13-26(4,32-21(33)16(2)3)25(37)30-19(12-9-14-27)23(35)29-18/h6-8,10-11,16,18-20H,5,9,12-15,27H2,1-4H3,(H,28,36)(H,29,35)(H,30,37)(H,31,34)(H,32,33)/t18-,19?,20+,26+/m0/s1. The Balaban J connectivity index is 2.46. The normalized spacial score (nSPS) is 25.8. The first-order valence-electron chi connectivity index (χ1n) is 12.8. The van der Waals surface area contributed by atoms with Gasteiger partial charge in [-0.2, -0.15) is 0 Å². The van der Waals surface area contributed by atoms with Gasteiger partial charge in [-0.15, -0.1) is 0 Å². The summed E-state index contributed by atoms with van der Waals surface area (Å²) in [6.45, 7) is 7.05. The monoisotopic (exact) mass is 516 g/mol. The summed E-state index contributed by atoms with van der Waals surface area (Å²) in [5, 5.41) is 13.7. The minimum absolute atomic E-state index is 0.0389. The maximum atomic E-state index is 13.4. The van der Waals surface area contributed by atoms with Gasteiger partial charge < -0.3 is 32.3 Å². The summed E-state index contributed by atoms with van der Waals surface area (Å²) in [5.74, 6) is -2.83. The molecule has 11 heteroatoms. The van der Waals surface area contributed by atoms with E-state index >= 15 is 0 Å². The van der Waals surface area contributed by atoms with Crippen molar-refractivity contribution in [2.24, 2.45) is 11.7 Å². The van der Waals surface area contributed by atoms with Crippen molar-refractivity contribution >= 4 is 29.5 Å². The van der Waals surface area contributed by atoms with E-state index in [4.69, 9.17) is 5.73 Å². The number of rotatable bonds is 7. The Labute approximate surface area is 218 Å². The van der Waals surface area contributed by atoms with E-state index in [1.54, 1.807) is 58.0 Å². The topological polar surface area (TPSA) is 172 Å². The fourth-order valence-corrected chi connectivity index (χ4v) is 3.91. The van der Waals surface area contributed by atoms with Gasteiger partial charge in [0.2, 0.25) is 29.5 Å². The molecule has 37 heavy (non-hydrogen) atoms. The van der Waals surface area contributed by atoms with Crippen LogP contribution in [0, 0.1) is 5.92 Å². The lowest BCUT2D eigenvalue weighted by Crippen LogP contribution is -2.63. The average Bonchev–Trinajstić information content (AvgIpc) is 2.87. The van der Waals surface area contributed by atoms with Gasteiger partial charge in [0, 0.05) is 12.5 Å². The van der Waals surface area contributed by atoms with Crippen molar-refractivity contribution in [3.05, 3.63) is 35.9 Å². The zero-order valence-electron chi connectivity index (χ0n) is 22.1. The summed E-state index contributed by atoms with van der Waals surface area (Å²) >= 11 is 0. The van der Waals surface area contributed by atoms with Crippen LogP contribution in [0.1, 0.15) is 65.0 Å². The third-order valence-electron chi connectivity index (χ3n) is 6.39. The average molecular weight is 517 g/mol. The minimum atomic E-state index is -1.41. The molecule has 4 atom stereocenters. The summed E-state index contributed by atoms with van der Waals surface area (Å²) in [6.07, 6.45) is 1.04. The second-order valence-corrected chi connectivity index (χ2v) is 9.80. The van der Waals surface area contributed by atoms with E-state index in [2.05, 4.69) is 26.6 Å². The third-order valence-corrected chi connectivity index (χ3v) is 6.39. The highest BCUT2D eigenvalue weighted by Crippen LogP contribution is 2.16. The van der Waals surface area contributed by atoms with Crippen molar-refractivity contribution in [2.75, 3.05) is 13.1 Å². The molecular formula is C26H40N6O5. The van der Waals surface area contributed by atoms with Crippen LogP contribution in [-0.4, -0.2) is 60.2 Å². The minimum Gasteiger partial charge on any atom is -0.354 e. The number of nitrogens with two attached hydrogens (primary N) is 1. The van der Waals surface area contributed by atoms with Gasteiger partial charge in [-0.25, -0.2) is 0 Å². The molecule has 1 aliphatic rings. The van der Waals surface area contributed by atoms with Gasteiger partial charge in [0.05, 0.1) is 0 Å². The van der Waals surface area contributed by atoms with Crippen LogP contribution in [0.5, 0.6) is 0 Å². The Morgan fingerprint density at radius 3 is 2.27 bits per heavy atom. The van der Waals surface area contributed by atoms with Crippen molar-refractivity contribution in [3.8, 4) is 0 Å². The lowest BCUT2D eigenvalue weighted by atomic mass is 9.94. The molecule has 0 saturated carbocycles. The fraction of sp³-hybridized carbons (Fsp3) is 0.577. The molecule has 7 N–H and O–H groups in total. The van der Waals surface area contributed by atoms with E-state index in [0.717, 1.165) is 0 Å². The zero-order valence-corrected chi connectivity index (χ0v) is 22.1. The maximum Gasteiger partial charge on any atom is 0.247 e. The fourth-order valence-electron chi connectivity index (χ4n) is 3.91. The molecule has 1 aromatic rings. The molecule has 1 fully saturated rings. The predicted molar refractivity (Wildman–Crippen MR) is 139 cm³/mol. The van der Waals surface area contributed by atoms with Gasteiger partial charge in [0.25, 0.3) is 0 Å². The van der Waals surface area contributed by atoms with Gasteiger partial charge in [-0.05, 0) is 44.7 Å². The second-order valence-electron chi connectivity index (χ2n) is 9.80. The molecule has 0 aromatic heterocycles. The van der Waals surface area contributed by atoms with Gasteiger partial charge in [-0.1, -0.05) is 51.1 Å². The van der Waals surface area contributed by atoms with Crippen molar-refractivity contribution in [1.29, 1.82) is 0 Å². The molecule has 2 rings (SSSR count). The summed E-state index contributed by atoms with van der Waals surface area (Å²) in [7, 11) is 0. The molecule has 1 heterocycles. The summed E-state index contributed by atoms with van der Waals surface area (Å²) in [4.78, 5) is 65.5. The van der Waals surface area contributed by atoms with Crippen molar-refractivity contribution in [3.63, 3.8) is 0 Å². The van der Waals surface area contributed by atoms with E-state index in [1.165, 1.54) is 0 Å². The Morgan fingerprint density at radius 1 is 1.03 bits per heavy atom. The van der Waals surface area contributed by atoms with Crippen LogP contribution in [0.15, 0.2) is 30.3 Å². The molecule has 0 aliphatic carbocycles. The molecule has 1 unspecified atom stereocenters. The first-order valence-corrected chi connectivity index (χ1v) is 12.8. The van der Waals surface area contributed by atoms with Crippen molar-refractivity contribution < 1.29 is 24.0 Å². The molecule has 0 bridgehead atoms. The van der Waals surface area contributed by atoms with Crippen LogP contribution < -0.4 is 32.3 Å². The van der Waals surface area contributed by atoms with Crippen LogP contribution >= 0.6 is 0 Å². The zero-order chi connectivity index (χ0) is 27.6. The number of carbonyl (C=O) groups excluding carboxylic acids is 5. The SMILES string of the molecule is CC[C@@H]1NC(=O)C(CCCN)NC(=O)[C@](C)(NC(=O)C(C)C)CCNC(=O)[C@@H](c2ccccc2)NC1=O. The lowest BCUT2D eigenvalue weighted by molar-refractivity contribution is -0.138. The van der Waals surface area contributed by atoms with E-state index in [9.17, 15) is 24.0 Å². The van der Waals surface area contributed by atoms with Gasteiger partial charge >= 0.3 is 0 Å². The molecular weight excluding hydrogens is 476 g/mol. The molecule has 1 aliphatic heterocycles. The molecule has 0 radical (unpaired) electrons. The maximum absolute atomic E-state index is 13.4. The van der Waals surface area contributed by atoms with E-state index in [1.807, 2.05) is 0 Å². The largest absolute Gasteiger partial charge is 0.354 e. The van der Waals surface area contributed by atoms with Crippen LogP contribution in [0.3, 0.4) is 0 Å². The highest BCUT2D eigenvalue weighted by atomic mass is 16.2. The first-order chi connectivity index (χ1) is 17.5. The van der Waals surface area contributed by atoms with Crippen molar-refractivity contribution in [1.82, 2.24) is 26.6 Å². The quantitative estimate of drug-likeness (QED) is 0.298. The van der Waals surface area contributed by atoms with Crippen LogP contribution in [0.4, 0.5) is 0 Å². The number of carbonyl (C=O) groups is 5. The highest BCUT2D eigenvalue weighted by Gasteiger charge is 2.38. The lowest BCUT2D eigenvalue weighted by Gasteiger charge is -2.33. The number of hydrogen-bond donors (Lipinski definition) is 6. The molecule has 204 valence electrons. The van der Waals surface area contributed by atoms with Gasteiger partial charge in [0.15, 0.2) is 0 Å². The number of amides is 5. The molecule has 0 spiro atoms. The third kappa shape index (κ3) is 8.28. The Bertz CT molecular complexity index is 969. The summed E-state index contributed by atoms with van der Waals surface area (Å²) in [5.41, 5.74) is 4.80. The van der Waals surface area contributed by atoms with E-state index in [-0.39, 0.29) is 37.6 Å². The molecule has 11 nitrogen and oxygen atoms in total. The predicted octanol–water partition coefficient (Wildman–Crippen LogP) is 0.0132. The van der Waals surface area contributed by atoms with Gasteiger partial charge in [0.1, 0.15) is 23.7 Å². The Hall–Kier alpha value is -3.47. The summed E-state index contributed by atoms with van der Waals surface area (Å²) in [6, 6.07) is 5.83. The number of benzene rings is 1.